The fourth-order valence-electron chi connectivity index (χ4n) is 6.58. The molecule has 4 atom stereocenters. The van der Waals surface area contributed by atoms with E-state index in [9.17, 15) is 27.6 Å². The molecule has 1 aromatic heterocycles. The van der Waals surface area contributed by atoms with Crippen LogP contribution in [0.15, 0.2) is 52.9 Å². The van der Waals surface area contributed by atoms with Crippen molar-refractivity contribution in [2.24, 2.45) is 5.92 Å². The van der Waals surface area contributed by atoms with Gasteiger partial charge in [-0.05, 0) is 81.4 Å². The molecule has 16 heteroatoms. The third-order valence-electron chi connectivity index (χ3n) is 9.64. The molecule has 2 fully saturated rings. The first-order valence-corrected chi connectivity index (χ1v) is 19.9. The van der Waals surface area contributed by atoms with E-state index in [1.54, 1.807) is 50.4 Å². The van der Waals surface area contributed by atoms with Gasteiger partial charge < -0.3 is 29.6 Å². The predicted molar refractivity (Wildman–Crippen MR) is 195 cm³/mol. The smallest absolute Gasteiger partial charge is 0.266 e. The molecule has 3 aromatic rings. The molecule has 3 amide bonds. The van der Waals surface area contributed by atoms with Gasteiger partial charge in [-0.25, -0.2) is 18.1 Å². The molecule has 2 aliphatic rings. The number of fused-ring (bicyclic) bond motifs is 1. The molecule has 0 radical (unpaired) electrons. The summed E-state index contributed by atoms with van der Waals surface area (Å²) in [5.74, 6) is -2.30. The summed E-state index contributed by atoms with van der Waals surface area (Å²) in [7, 11) is -2.22. The van der Waals surface area contributed by atoms with E-state index in [0.29, 0.717) is 35.0 Å². The zero-order valence-corrected chi connectivity index (χ0v) is 31.2. The Morgan fingerprint density at radius 3 is 2.48 bits per heavy atom. The van der Waals surface area contributed by atoms with Gasteiger partial charge in [0.25, 0.3) is 5.89 Å². The lowest BCUT2D eigenvalue weighted by Gasteiger charge is -2.30. The molecule has 3 heterocycles. The number of para-hydroxylation sites is 2. The Bertz CT molecular complexity index is 1800. The number of Topliss-reactive ketones (excluding diaryl/α,β-unsaturated/α-hetero) is 1. The molecule has 52 heavy (non-hydrogen) atoms. The first kappa shape index (κ1) is 39.3. The number of sulfonamides is 1. The fraction of sp³-hybridized carbons (Fsp3) is 0.528. The number of carbonyl (C=O) groups excluding carboxylic acids is 4. The molecular formula is C36H47ClN6O8S. The van der Waals surface area contributed by atoms with Crippen molar-refractivity contribution >= 4 is 56.2 Å². The summed E-state index contributed by atoms with van der Waals surface area (Å²) in [6, 6.07) is 10.3. The van der Waals surface area contributed by atoms with Crippen LogP contribution in [-0.4, -0.2) is 110 Å². The maximum absolute atomic E-state index is 14.3. The van der Waals surface area contributed by atoms with Crippen LogP contribution >= 0.6 is 11.6 Å². The standard InChI is InChI=1S/C36H47ClN6O8S/c1-4-42(2)32(44)20-29(33(45)35-40-27-7-5-6-8-31(27)51-35)39-34(46)30-19-26(50-22-24-9-12-25(37)13-10-24)21-43(30)36(47)28(41-52(3,48)49)14-11-23-15-17-38-18-16-23/h5-10,12-13,23,26,28-30,38,41H,4,11,14-22H2,1-3H3,(H,39,46)/t26-,28-,29+,30+/m1/s1. The predicted octanol–water partition coefficient (Wildman–Crippen LogP) is 2.90. The number of oxazole rings is 1. The summed E-state index contributed by atoms with van der Waals surface area (Å²) in [6.45, 7) is 4.04. The summed E-state index contributed by atoms with van der Waals surface area (Å²) >= 11 is 6.04. The quantitative estimate of drug-likeness (QED) is 0.184. The monoisotopic (exact) mass is 758 g/mol. The van der Waals surface area contributed by atoms with Gasteiger partial charge >= 0.3 is 0 Å². The number of aromatic nitrogens is 1. The first-order valence-electron chi connectivity index (χ1n) is 17.6. The number of hydrogen-bond donors (Lipinski definition) is 3. The highest BCUT2D eigenvalue weighted by Crippen LogP contribution is 2.27. The Morgan fingerprint density at radius 2 is 1.81 bits per heavy atom. The largest absolute Gasteiger partial charge is 0.434 e. The number of amides is 3. The summed E-state index contributed by atoms with van der Waals surface area (Å²) < 4.78 is 39.3. The number of likely N-dealkylation sites (tertiary alicyclic amines) is 1. The van der Waals surface area contributed by atoms with Gasteiger partial charge in [-0.2, -0.15) is 0 Å². The Hall–Kier alpha value is -3.89. The van der Waals surface area contributed by atoms with Gasteiger partial charge in [-0.1, -0.05) is 35.9 Å². The van der Waals surface area contributed by atoms with E-state index in [1.807, 2.05) is 12.1 Å². The third-order valence-corrected chi connectivity index (χ3v) is 10.6. The topological polar surface area (TPSA) is 180 Å². The van der Waals surface area contributed by atoms with Crippen molar-refractivity contribution in [2.45, 2.75) is 76.3 Å². The highest BCUT2D eigenvalue weighted by atomic mass is 35.5. The molecule has 3 N–H and O–H groups in total. The van der Waals surface area contributed by atoms with Gasteiger partial charge in [-0.3, -0.25) is 19.2 Å². The number of halogens is 1. The Labute approximate surface area is 309 Å². The van der Waals surface area contributed by atoms with Gasteiger partial charge in [0.15, 0.2) is 5.58 Å². The highest BCUT2D eigenvalue weighted by molar-refractivity contribution is 7.88. The second kappa shape index (κ2) is 17.8. The molecule has 2 saturated heterocycles. The summed E-state index contributed by atoms with van der Waals surface area (Å²) in [4.78, 5) is 62.5. The lowest BCUT2D eigenvalue weighted by atomic mass is 9.91. The summed E-state index contributed by atoms with van der Waals surface area (Å²) in [5.41, 5.74) is 1.64. The molecule has 282 valence electrons. The molecule has 14 nitrogen and oxygen atoms in total. The average molecular weight is 759 g/mol. The number of nitrogens with zero attached hydrogens (tertiary/aromatic N) is 3. The van der Waals surface area contributed by atoms with Crippen LogP contribution in [0.4, 0.5) is 0 Å². The van der Waals surface area contributed by atoms with Crippen molar-refractivity contribution in [3.63, 3.8) is 0 Å². The molecule has 0 spiro atoms. The Balaban J connectivity index is 1.40. The zero-order valence-electron chi connectivity index (χ0n) is 29.7. The molecule has 0 bridgehead atoms. The lowest BCUT2D eigenvalue weighted by Crippen LogP contribution is -2.55. The van der Waals surface area contributed by atoms with Crippen molar-refractivity contribution in [2.75, 3.05) is 39.5 Å². The minimum atomic E-state index is -3.80. The molecule has 5 rings (SSSR count). The van der Waals surface area contributed by atoms with E-state index in [1.165, 1.54) is 9.80 Å². The normalized spacial score (nSPS) is 19.3. The van der Waals surface area contributed by atoms with Crippen LogP contribution in [-0.2, 0) is 35.8 Å². The summed E-state index contributed by atoms with van der Waals surface area (Å²) in [6.07, 6.45) is 2.78. The van der Waals surface area contributed by atoms with E-state index in [-0.39, 0.29) is 38.3 Å². The second-order valence-electron chi connectivity index (χ2n) is 13.5. The lowest BCUT2D eigenvalue weighted by molar-refractivity contribution is -0.140. The summed E-state index contributed by atoms with van der Waals surface area (Å²) in [5, 5.41) is 6.60. The number of rotatable bonds is 16. The maximum Gasteiger partial charge on any atom is 0.266 e. The molecule has 2 aliphatic heterocycles. The minimum Gasteiger partial charge on any atom is -0.434 e. The van der Waals surface area contributed by atoms with Gasteiger partial charge in [0.1, 0.15) is 23.6 Å². The number of nitrogens with one attached hydrogen (secondary N) is 3. The van der Waals surface area contributed by atoms with Crippen LogP contribution in [0.3, 0.4) is 0 Å². The van der Waals surface area contributed by atoms with Gasteiger partial charge in [0.2, 0.25) is 33.5 Å². The number of carbonyl (C=O) groups is 4. The second-order valence-corrected chi connectivity index (χ2v) is 15.8. The molecule has 2 aromatic carbocycles. The van der Waals surface area contributed by atoms with E-state index in [4.69, 9.17) is 20.8 Å². The number of hydrogen-bond acceptors (Lipinski definition) is 10. The molecule has 0 unspecified atom stereocenters. The molecular weight excluding hydrogens is 712 g/mol. The fourth-order valence-corrected chi connectivity index (χ4v) is 7.44. The zero-order chi connectivity index (χ0) is 37.4. The number of ketones is 1. The van der Waals surface area contributed by atoms with E-state index < -0.39 is 57.8 Å². The minimum absolute atomic E-state index is 0.00104. The van der Waals surface area contributed by atoms with Crippen LogP contribution < -0.4 is 15.4 Å². The number of ether oxygens (including phenoxy) is 1. The van der Waals surface area contributed by atoms with E-state index >= 15 is 0 Å². The van der Waals surface area contributed by atoms with Crippen LogP contribution in [0, 0.1) is 5.92 Å². The van der Waals surface area contributed by atoms with Crippen molar-refractivity contribution in [3.05, 3.63) is 65.0 Å². The van der Waals surface area contributed by atoms with Crippen molar-refractivity contribution in [1.29, 1.82) is 0 Å². The van der Waals surface area contributed by atoms with Crippen LogP contribution in [0.2, 0.25) is 5.02 Å². The van der Waals surface area contributed by atoms with Crippen molar-refractivity contribution in [3.8, 4) is 0 Å². The van der Waals surface area contributed by atoms with Gasteiger partial charge in [0.05, 0.1) is 25.4 Å². The SMILES string of the molecule is CCN(C)C(=O)C[C@H](NC(=O)[C@@H]1C[C@@H](OCc2ccc(Cl)cc2)CN1C(=O)[C@@H](CCC1CCNCC1)NS(C)(=O)=O)C(=O)c1nc2ccccc2o1. The number of benzene rings is 2. The van der Waals surface area contributed by atoms with Gasteiger partial charge in [-0.15, -0.1) is 0 Å². The maximum atomic E-state index is 14.3. The van der Waals surface area contributed by atoms with Crippen LogP contribution in [0.25, 0.3) is 11.1 Å². The first-order chi connectivity index (χ1) is 24.8. The number of piperidine rings is 1. The van der Waals surface area contributed by atoms with Gasteiger partial charge in [0, 0.05) is 31.6 Å². The van der Waals surface area contributed by atoms with Crippen molar-refractivity contribution < 1.29 is 36.7 Å². The average Bonchev–Trinajstić information content (AvgIpc) is 3.77. The molecule has 0 saturated carbocycles. The van der Waals surface area contributed by atoms with Crippen molar-refractivity contribution in [1.82, 2.24) is 30.1 Å². The van der Waals surface area contributed by atoms with Crippen LogP contribution in [0.1, 0.15) is 61.7 Å². The van der Waals surface area contributed by atoms with Crippen LogP contribution in [0.5, 0.6) is 0 Å². The Kier molecular flexibility index (Phi) is 13.4. The van der Waals surface area contributed by atoms with E-state index in [0.717, 1.165) is 37.8 Å². The molecule has 0 aliphatic carbocycles. The highest BCUT2D eigenvalue weighted by Gasteiger charge is 2.44. The Morgan fingerprint density at radius 1 is 1.10 bits per heavy atom. The van der Waals surface area contributed by atoms with E-state index in [2.05, 4.69) is 20.3 Å². The third kappa shape index (κ3) is 10.6.